The van der Waals surface area contributed by atoms with E-state index in [-0.39, 0.29) is 23.6 Å². The minimum absolute atomic E-state index is 0.196. The van der Waals surface area contributed by atoms with Crippen molar-refractivity contribution in [2.24, 2.45) is 23.5 Å². The Kier molecular flexibility index (Phi) is 5.97. The smallest absolute Gasteiger partial charge is 0.135 e. The fourth-order valence-corrected chi connectivity index (χ4v) is 4.52. The first-order chi connectivity index (χ1) is 16.4. The summed E-state index contributed by atoms with van der Waals surface area (Å²) in [6.45, 7) is 0. The summed E-state index contributed by atoms with van der Waals surface area (Å²) in [5, 5.41) is 12.8. The maximum atomic E-state index is 13.8. The lowest BCUT2D eigenvalue weighted by Crippen LogP contribution is -2.33. The van der Waals surface area contributed by atoms with Crippen LogP contribution in [0.15, 0.2) is 54.0 Å². The third-order valence-corrected chi connectivity index (χ3v) is 6.54. The van der Waals surface area contributed by atoms with Crippen LogP contribution in [0.4, 0.5) is 15.8 Å². The average Bonchev–Trinajstić information content (AvgIpc) is 3.44. The van der Waals surface area contributed by atoms with Crippen molar-refractivity contribution in [3.63, 3.8) is 0 Å². The topological polar surface area (TPSA) is 112 Å². The summed E-state index contributed by atoms with van der Waals surface area (Å²) in [5.41, 5.74) is 17.1. The number of hydrogen-bond donors (Lipinski definition) is 3. The van der Waals surface area contributed by atoms with Crippen LogP contribution in [-0.2, 0) is 7.05 Å². The molecule has 34 heavy (non-hydrogen) atoms. The van der Waals surface area contributed by atoms with Crippen molar-refractivity contribution in [1.82, 2.24) is 19.4 Å². The fraction of sp³-hybridized carbons (Fsp3) is 0.292. The van der Waals surface area contributed by atoms with Crippen molar-refractivity contribution in [3.8, 4) is 11.1 Å². The fourth-order valence-electron chi connectivity index (χ4n) is 4.36. The van der Waals surface area contributed by atoms with Gasteiger partial charge in [-0.2, -0.15) is 10.2 Å². The summed E-state index contributed by atoms with van der Waals surface area (Å²) < 4.78 is 17.3. The molecule has 0 aliphatic heterocycles. The number of halogens is 2. The molecule has 0 amide bonds. The maximum Gasteiger partial charge on any atom is 0.135 e. The van der Waals surface area contributed by atoms with Crippen LogP contribution in [0.3, 0.4) is 0 Å². The molecule has 1 aromatic carbocycles. The molecular weight excluding hydrogens is 455 g/mol. The van der Waals surface area contributed by atoms with E-state index in [1.165, 1.54) is 18.2 Å². The maximum absolute atomic E-state index is 13.8. The number of nitrogens with zero attached hydrogens (tertiary/aromatic N) is 5. The van der Waals surface area contributed by atoms with Crippen molar-refractivity contribution in [2.75, 3.05) is 5.32 Å². The number of aromatic nitrogens is 4. The minimum atomic E-state index is -0.436. The molecule has 4 aromatic rings. The number of amidine groups is 1. The summed E-state index contributed by atoms with van der Waals surface area (Å²) in [7, 11) is 1.88. The molecule has 8 nitrogen and oxygen atoms in total. The molecule has 10 heteroatoms. The Labute approximate surface area is 201 Å². The van der Waals surface area contributed by atoms with Crippen molar-refractivity contribution in [2.45, 2.75) is 37.8 Å². The molecule has 176 valence electrons. The Bertz CT molecular complexity index is 1370. The van der Waals surface area contributed by atoms with Gasteiger partial charge in [0, 0.05) is 48.7 Å². The quantitative estimate of drug-likeness (QED) is 0.292. The molecule has 5 rings (SSSR count). The molecule has 0 atom stereocenters. The van der Waals surface area contributed by atoms with E-state index >= 15 is 0 Å². The molecule has 0 spiro atoms. The lowest BCUT2D eigenvalue weighted by atomic mass is 9.91. The second-order valence-electron chi connectivity index (χ2n) is 8.74. The van der Waals surface area contributed by atoms with Crippen LogP contribution in [0, 0.1) is 5.82 Å². The van der Waals surface area contributed by atoms with Gasteiger partial charge in [-0.3, -0.25) is 4.68 Å². The first kappa shape index (κ1) is 22.4. The lowest BCUT2D eigenvalue weighted by Gasteiger charge is -2.28. The highest BCUT2D eigenvalue weighted by Gasteiger charge is 2.22. The zero-order chi connectivity index (χ0) is 23.8. The highest BCUT2D eigenvalue weighted by molar-refractivity contribution is 6.33. The molecule has 1 fully saturated rings. The Morgan fingerprint density at radius 3 is 2.65 bits per heavy atom. The van der Waals surface area contributed by atoms with Gasteiger partial charge in [-0.15, -0.1) is 0 Å². The number of aliphatic imine (C=N–C) groups is 1. The van der Waals surface area contributed by atoms with Crippen LogP contribution in [0.25, 0.3) is 16.6 Å². The van der Waals surface area contributed by atoms with Crippen molar-refractivity contribution in [3.05, 3.63) is 65.5 Å². The zero-order valence-electron chi connectivity index (χ0n) is 18.7. The molecule has 1 aliphatic rings. The first-order valence-corrected chi connectivity index (χ1v) is 11.6. The molecule has 1 aliphatic carbocycles. The number of nitrogens with two attached hydrogens (primary N) is 2. The largest absolute Gasteiger partial charge is 0.383 e. The Balaban J connectivity index is 1.61. The summed E-state index contributed by atoms with van der Waals surface area (Å²) in [6, 6.07) is 6.53. The van der Waals surface area contributed by atoms with E-state index in [9.17, 15) is 4.39 Å². The zero-order valence-corrected chi connectivity index (χ0v) is 19.5. The van der Waals surface area contributed by atoms with E-state index in [1.807, 2.05) is 36.2 Å². The van der Waals surface area contributed by atoms with Gasteiger partial charge >= 0.3 is 0 Å². The van der Waals surface area contributed by atoms with Gasteiger partial charge in [0.2, 0.25) is 0 Å². The number of rotatable bonds is 5. The SMILES string of the molecule is Cn1cc(-c2cc3c(N[C@H]4CC[C@H](N)CC4)c(/C(N)=N/c4cc(F)ccc4Cl)cnn3c2)cn1. The normalized spacial score (nSPS) is 19.0. The van der Waals surface area contributed by atoms with E-state index in [4.69, 9.17) is 23.1 Å². The summed E-state index contributed by atoms with van der Waals surface area (Å²) >= 11 is 6.22. The highest BCUT2D eigenvalue weighted by Crippen LogP contribution is 2.32. The van der Waals surface area contributed by atoms with Crippen LogP contribution >= 0.6 is 11.6 Å². The first-order valence-electron chi connectivity index (χ1n) is 11.2. The van der Waals surface area contributed by atoms with Gasteiger partial charge in [0.05, 0.1) is 39.9 Å². The molecule has 3 heterocycles. The molecule has 5 N–H and O–H groups in total. The van der Waals surface area contributed by atoms with Gasteiger partial charge in [-0.05, 0) is 43.9 Å². The van der Waals surface area contributed by atoms with Gasteiger partial charge < -0.3 is 16.8 Å². The van der Waals surface area contributed by atoms with Crippen molar-refractivity contribution >= 4 is 34.3 Å². The van der Waals surface area contributed by atoms with E-state index in [1.54, 1.807) is 10.9 Å². The Morgan fingerprint density at radius 1 is 1.12 bits per heavy atom. The van der Waals surface area contributed by atoms with E-state index in [0.717, 1.165) is 48.0 Å². The second kappa shape index (κ2) is 9.08. The van der Waals surface area contributed by atoms with Crippen molar-refractivity contribution in [1.29, 1.82) is 0 Å². The van der Waals surface area contributed by atoms with Crippen LogP contribution < -0.4 is 16.8 Å². The van der Waals surface area contributed by atoms with E-state index in [0.29, 0.717) is 10.6 Å². The molecule has 1 saturated carbocycles. The van der Waals surface area contributed by atoms with E-state index in [2.05, 4.69) is 20.5 Å². The van der Waals surface area contributed by atoms with Crippen LogP contribution in [0.1, 0.15) is 31.2 Å². The van der Waals surface area contributed by atoms with Gasteiger partial charge in [0.15, 0.2) is 0 Å². The van der Waals surface area contributed by atoms with Gasteiger partial charge in [0.1, 0.15) is 11.7 Å². The average molecular weight is 481 g/mol. The Hall–Kier alpha value is -3.43. The molecule has 0 radical (unpaired) electrons. The highest BCUT2D eigenvalue weighted by atomic mass is 35.5. The minimum Gasteiger partial charge on any atom is -0.383 e. The number of hydrogen-bond acceptors (Lipinski definition) is 5. The van der Waals surface area contributed by atoms with E-state index < -0.39 is 5.82 Å². The molecule has 3 aromatic heterocycles. The number of nitrogens with one attached hydrogen (secondary N) is 1. The molecular formula is C24H26ClFN8. The third kappa shape index (κ3) is 4.49. The van der Waals surface area contributed by atoms with Gasteiger partial charge in [-0.1, -0.05) is 11.6 Å². The van der Waals surface area contributed by atoms with Gasteiger partial charge in [0.25, 0.3) is 0 Å². The molecule has 0 unspecified atom stereocenters. The number of benzene rings is 1. The Morgan fingerprint density at radius 2 is 1.91 bits per heavy atom. The second-order valence-corrected chi connectivity index (χ2v) is 9.15. The monoisotopic (exact) mass is 480 g/mol. The van der Waals surface area contributed by atoms with Crippen LogP contribution in [0.5, 0.6) is 0 Å². The van der Waals surface area contributed by atoms with Crippen molar-refractivity contribution < 1.29 is 4.39 Å². The molecule has 0 saturated heterocycles. The summed E-state index contributed by atoms with van der Waals surface area (Å²) in [4.78, 5) is 4.43. The van der Waals surface area contributed by atoms with Crippen LogP contribution in [0.2, 0.25) is 5.02 Å². The lowest BCUT2D eigenvalue weighted by molar-refractivity contribution is 0.411. The van der Waals surface area contributed by atoms with Gasteiger partial charge in [-0.25, -0.2) is 13.9 Å². The number of fused-ring (bicyclic) bond motifs is 1. The standard InChI is InChI=1S/C24H26ClFN8/c1-33-12-15(10-29-33)14-8-22-23(31-18-5-3-17(27)4-6-18)19(11-30-34(22)13-14)24(28)32-21-9-16(26)2-7-20(21)25/h2,7-13,17-18,31H,3-6,27H2,1H3,(H2,28,32)/t17-,18-. The predicted molar refractivity (Wildman–Crippen MR) is 133 cm³/mol. The summed E-state index contributed by atoms with van der Waals surface area (Å²) in [5.74, 6) is -0.240. The third-order valence-electron chi connectivity index (χ3n) is 6.22. The predicted octanol–water partition coefficient (Wildman–Crippen LogP) is 4.25. The molecule has 0 bridgehead atoms. The number of anilines is 1. The van der Waals surface area contributed by atoms with Crippen LogP contribution in [-0.4, -0.2) is 37.3 Å². The number of aryl methyl sites for hydroxylation is 1. The summed E-state index contributed by atoms with van der Waals surface area (Å²) in [6.07, 6.45) is 11.2.